The molecule has 0 unspecified atom stereocenters. The van der Waals surface area contributed by atoms with Crippen molar-refractivity contribution in [1.29, 1.82) is 0 Å². The minimum Gasteiger partial charge on any atom is -0.305 e. The Kier molecular flexibility index (Phi) is 3.34. The predicted molar refractivity (Wildman–Crippen MR) is 69.9 cm³/mol. The Morgan fingerprint density at radius 1 is 1.25 bits per heavy atom. The molecule has 0 saturated heterocycles. The highest BCUT2D eigenvalue weighted by atomic mass is 15.0. The van der Waals surface area contributed by atoms with E-state index in [2.05, 4.69) is 51.0 Å². The van der Waals surface area contributed by atoms with Gasteiger partial charge in [-0.15, -0.1) is 0 Å². The molecule has 1 fully saturated rings. The second-order valence-electron chi connectivity index (χ2n) is 5.63. The molecule has 0 spiro atoms. The van der Waals surface area contributed by atoms with E-state index < -0.39 is 0 Å². The molecular weight excluding hydrogens is 194 g/mol. The highest BCUT2D eigenvalue weighted by molar-refractivity contribution is 5.38. The van der Waals surface area contributed by atoms with Gasteiger partial charge >= 0.3 is 0 Å². The zero-order valence-corrected chi connectivity index (χ0v) is 11.0. The van der Waals surface area contributed by atoms with Crippen molar-refractivity contribution < 1.29 is 0 Å². The molecule has 1 saturated carbocycles. The number of hydrogen-bond donors (Lipinski definition) is 0. The molecule has 0 amide bonds. The Morgan fingerprint density at radius 2 is 1.94 bits per heavy atom. The average molecular weight is 217 g/mol. The summed E-state index contributed by atoms with van der Waals surface area (Å²) in [5, 5.41) is 0. The summed E-state index contributed by atoms with van der Waals surface area (Å²) in [5.74, 6) is 1.52. The molecular formula is C15H23N. The first kappa shape index (κ1) is 11.7. The standard InChI is InChI=1S/C15H23N/c1-11(2)14-8-5-12(10-16(3)4)9-15(14)13-6-7-13/h5,8-9,11,13H,6-7,10H2,1-4H3. The van der Waals surface area contributed by atoms with E-state index >= 15 is 0 Å². The van der Waals surface area contributed by atoms with Crippen LogP contribution in [0.4, 0.5) is 0 Å². The predicted octanol–water partition coefficient (Wildman–Crippen LogP) is 3.75. The first-order chi connectivity index (χ1) is 7.58. The van der Waals surface area contributed by atoms with Crippen molar-refractivity contribution in [2.75, 3.05) is 14.1 Å². The zero-order chi connectivity index (χ0) is 11.7. The van der Waals surface area contributed by atoms with Crippen LogP contribution in [-0.2, 0) is 6.54 Å². The lowest BCUT2D eigenvalue weighted by molar-refractivity contribution is 0.402. The van der Waals surface area contributed by atoms with Gasteiger partial charge in [0.2, 0.25) is 0 Å². The van der Waals surface area contributed by atoms with Crippen molar-refractivity contribution in [3.05, 3.63) is 34.9 Å². The third kappa shape index (κ3) is 2.65. The summed E-state index contributed by atoms with van der Waals surface area (Å²) in [6, 6.07) is 7.07. The third-order valence-electron chi connectivity index (χ3n) is 3.29. The molecule has 88 valence electrons. The summed E-state index contributed by atoms with van der Waals surface area (Å²) in [5.41, 5.74) is 4.63. The van der Waals surface area contributed by atoms with Gasteiger partial charge in [0, 0.05) is 6.54 Å². The van der Waals surface area contributed by atoms with E-state index in [0.717, 1.165) is 12.5 Å². The molecule has 1 aromatic carbocycles. The second-order valence-corrected chi connectivity index (χ2v) is 5.63. The molecule has 0 aliphatic heterocycles. The number of hydrogen-bond acceptors (Lipinski definition) is 1. The Labute approximate surface area is 99.5 Å². The fourth-order valence-electron chi connectivity index (χ4n) is 2.36. The van der Waals surface area contributed by atoms with Gasteiger partial charge in [0.1, 0.15) is 0 Å². The van der Waals surface area contributed by atoms with Crippen LogP contribution in [0.2, 0.25) is 0 Å². The highest BCUT2D eigenvalue weighted by Crippen LogP contribution is 2.43. The van der Waals surface area contributed by atoms with Gasteiger partial charge in [-0.2, -0.15) is 0 Å². The number of nitrogens with zero attached hydrogens (tertiary/aromatic N) is 1. The van der Waals surface area contributed by atoms with Gasteiger partial charge in [0.15, 0.2) is 0 Å². The molecule has 1 heteroatoms. The van der Waals surface area contributed by atoms with Crippen molar-refractivity contribution in [3.63, 3.8) is 0 Å². The molecule has 1 aliphatic rings. The maximum atomic E-state index is 2.44. The lowest BCUT2D eigenvalue weighted by Crippen LogP contribution is -2.11. The Bertz CT molecular complexity index is 362. The van der Waals surface area contributed by atoms with Crippen LogP contribution in [0.1, 0.15) is 55.2 Å². The van der Waals surface area contributed by atoms with Crippen molar-refractivity contribution in [2.45, 2.75) is 45.1 Å². The van der Waals surface area contributed by atoms with Crippen molar-refractivity contribution >= 4 is 0 Å². The monoisotopic (exact) mass is 217 g/mol. The van der Waals surface area contributed by atoms with Crippen LogP contribution in [0.25, 0.3) is 0 Å². The highest BCUT2D eigenvalue weighted by Gasteiger charge is 2.26. The molecule has 1 aromatic rings. The Hall–Kier alpha value is -0.820. The molecule has 1 aliphatic carbocycles. The third-order valence-corrected chi connectivity index (χ3v) is 3.29. The minimum absolute atomic E-state index is 0.656. The van der Waals surface area contributed by atoms with Crippen LogP contribution >= 0.6 is 0 Å². The van der Waals surface area contributed by atoms with E-state index in [1.54, 1.807) is 11.1 Å². The quantitative estimate of drug-likeness (QED) is 0.742. The number of rotatable bonds is 4. The summed E-state index contributed by atoms with van der Waals surface area (Å²) < 4.78 is 0. The summed E-state index contributed by atoms with van der Waals surface area (Å²) in [6.45, 7) is 5.65. The van der Waals surface area contributed by atoms with E-state index in [-0.39, 0.29) is 0 Å². The van der Waals surface area contributed by atoms with Gasteiger partial charge in [-0.1, -0.05) is 32.0 Å². The molecule has 0 heterocycles. The van der Waals surface area contributed by atoms with Gasteiger partial charge in [0.25, 0.3) is 0 Å². The lowest BCUT2D eigenvalue weighted by Gasteiger charge is -2.16. The van der Waals surface area contributed by atoms with E-state index in [1.165, 1.54) is 18.4 Å². The van der Waals surface area contributed by atoms with E-state index in [4.69, 9.17) is 0 Å². The van der Waals surface area contributed by atoms with Crippen molar-refractivity contribution in [1.82, 2.24) is 4.90 Å². The van der Waals surface area contributed by atoms with Gasteiger partial charge in [-0.05, 0) is 55.5 Å². The lowest BCUT2D eigenvalue weighted by atomic mass is 9.92. The van der Waals surface area contributed by atoms with Gasteiger partial charge < -0.3 is 4.90 Å². The van der Waals surface area contributed by atoms with Crippen LogP contribution in [0.5, 0.6) is 0 Å². The first-order valence-electron chi connectivity index (χ1n) is 6.35. The molecule has 0 atom stereocenters. The summed E-state index contributed by atoms with van der Waals surface area (Å²) in [7, 11) is 4.26. The van der Waals surface area contributed by atoms with Crippen molar-refractivity contribution in [3.8, 4) is 0 Å². The minimum atomic E-state index is 0.656. The maximum absolute atomic E-state index is 2.44. The molecule has 2 rings (SSSR count). The molecule has 0 bridgehead atoms. The second kappa shape index (κ2) is 4.58. The molecule has 0 radical (unpaired) electrons. The van der Waals surface area contributed by atoms with Crippen LogP contribution in [0, 0.1) is 0 Å². The molecule has 16 heavy (non-hydrogen) atoms. The van der Waals surface area contributed by atoms with E-state index in [9.17, 15) is 0 Å². The molecule has 0 aromatic heterocycles. The summed E-state index contributed by atoms with van der Waals surface area (Å²) in [4.78, 5) is 2.24. The van der Waals surface area contributed by atoms with Crippen LogP contribution in [0.15, 0.2) is 18.2 Å². The van der Waals surface area contributed by atoms with Gasteiger partial charge in [0.05, 0.1) is 0 Å². The average Bonchev–Trinajstić information content (AvgIpc) is 2.99. The van der Waals surface area contributed by atoms with E-state index in [0.29, 0.717) is 5.92 Å². The first-order valence-corrected chi connectivity index (χ1v) is 6.35. The smallest absolute Gasteiger partial charge is 0.0227 e. The normalized spacial score (nSPS) is 16.1. The van der Waals surface area contributed by atoms with Gasteiger partial charge in [-0.25, -0.2) is 0 Å². The fourth-order valence-corrected chi connectivity index (χ4v) is 2.36. The maximum Gasteiger partial charge on any atom is 0.0227 e. The topological polar surface area (TPSA) is 3.24 Å². The van der Waals surface area contributed by atoms with E-state index in [1.807, 2.05) is 0 Å². The Morgan fingerprint density at radius 3 is 2.44 bits per heavy atom. The number of benzene rings is 1. The largest absolute Gasteiger partial charge is 0.305 e. The zero-order valence-electron chi connectivity index (χ0n) is 11.0. The van der Waals surface area contributed by atoms with Crippen LogP contribution < -0.4 is 0 Å². The van der Waals surface area contributed by atoms with Crippen LogP contribution in [-0.4, -0.2) is 19.0 Å². The summed E-state index contributed by atoms with van der Waals surface area (Å²) in [6.07, 6.45) is 2.79. The van der Waals surface area contributed by atoms with Gasteiger partial charge in [-0.3, -0.25) is 0 Å². The molecule has 0 N–H and O–H groups in total. The molecule has 1 nitrogen and oxygen atoms in total. The van der Waals surface area contributed by atoms with Crippen molar-refractivity contribution in [2.24, 2.45) is 0 Å². The SMILES string of the molecule is CC(C)c1ccc(CN(C)C)cc1C1CC1. The van der Waals surface area contributed by atoms with Crippen LogP contribution in [0.3, 0.4) is 0 Å². The fraction of sp³-hybridized carbons (Fsp3) is 0.600. The Balaban J connectivity index is 2.28. The summed E-state index contributed by atoms with van der Waals surface area (Å²) >= 11 is 0.